The summed E-state index contributed by atoms with van der Waals surface area (Å²) in [6, 6.07) is 0.387. The van der Waals surface area contributed by atoms with Crippen LogP contribution >= 0.6 is 0 Å². The van der Waals surface area contributed by atoms with E-state index in [1.165, 1.54) is 25.7 Å². The van der Waals surface area contributed by atoms with Gasteiger partial charge in [-0.15, -0.1) is 0 Å². The van der Waals surface area contributed by atoms with Crippen molar-refractivity contribution in [2.24, 2.45) is 11.8 Å². The Kier molecular flexibility index (Phi) is 34.3. The van der Waals surface area contributed by atoms with E-state index in [2.05, 4.69) is 25.7 Å². The second kappa shape index (κ2) is 37.3. The first-order chi connectivity index (χ1) is 28.2. The summed E-state index contributed by atoms with van der Waals surface area (Å²) in [7, 11) is 0. The second-order valence-corrected chi connectivity index (χ2v) is 16.3. The largest absolute Gasteiger partial charge is 0.465 e. The number of esters is 5. The van der Waals surface area contributed by atoms with E-state index >= 15 is 0 Å². The van der Waals surface area contributed by atoms with Crippen LogP contribution in [0.15, 0.2) is 0 Å². The normalized spacial score (nSPS) is 13.3. The quantitative estimate of drug-likeness (QED) is 0.0356. The van der Waals surface area contributed by atoms with Gasteiger partial charge in [0.05, 0.1) is 32.2 Å². The van der Waals surface area contributed by atoms with Crippen molar-refractivity contribution in [2.75, 3.05) is 52.7 Å². The SMILES string of the molecule is CCCCCCCCCC(=O)OCC(COC(=O)CCCC(COC(=O)CCCCCCC)COC(=O)CCCCCCC)COC(=O)CCN(CCO)C1CCC1. The van der Waals surface area contributed by atoms with Crippen molar-refractivity contribution in [3.8, 4) is 0 Å². The van der Waals surface area contributed by atoms with E-state index in [9.17, 15) is 29.1 Å². The van der Waals surface area contributed by atoms with Crippen LogP contribution in [0.4, 0.5) is 0 Å². The third-order valence-corrected chi connectivity index (χ3v) is 10.9. The molecule has 12 nitrogen and oxygen atoms in total. The van der Waals surface area contributed by atoms with Gasteiger partial charge in [0.2, 0.25) is 0 Å². The zero-order chi connectivity index (χ0) is 42.5. The van der Waals surface area contributed by atoms with E-state index in [0.717, 1.165) is 103 Å². The molecule has 338 valence electrons. The molecule has 1 aliphatic rings. The van der Waals surface area contributed by atoms with E-state index in [0.29, 0.717) is 51.2 Å². The number of unbranched alkanes of at least 4 members (excludes halogenated alkanes) is 14. The lowest BCUT2D eigenvalue weighted by atomic mass is 9.91. The Morgan fingerprint density at radius 2 is 0.810 bits per heavy atom. The molecule has 0 bridgehead atoms. The smallest absolute Gasteiger partial charge is 0.307 e. The zero-order valence-corrected chi connectivity index (χ0v) is 37.0. The van der Waals surface area contributed by atoms with Crippen molar-refractivity contribution in [1.82, 2.24) is 4.90 Å². The summed E-state index contributed by atoms with van der Waals surface area (Å²) >= 11 is 0. The molecule has 0 amide bonds. The molecule has 1 rings (SSSR count). The van der Waals surface area contributed by atoms with Gasteiger partial charge < -0.3 is 28.8 Å². The van der Waals surface area contributed by atoms with Gasteiger partial charge in [-0.1, -0.05) is 117 Å². The second-order valence-electron chi connectivity index (χ2n) is 16.3. The Labute approximate surface area is 351 Å². The summed E-state index contributed by atoms with van der Waals surface area (Å²) in [4.78, 5) is 65.1. The summed E-state index contributed by atoms with van der Waals surface area (Å²) in [5.74, 6) is -2.47. The predicted molar refractivity (Wildman–Crippen MR) is 226 cm³/mol. The third kappa shape index (κ3) is 30.3. The highest BCUT2D eigenvalue weighted by molar-refractivity contribution is 5.71. The zero-order valence-electron chi connectivity index (χ0n) is 37.0. The highest BCUT2D eigenvalue weighted by atomic mass is 16.6. The molecule has 58 heavy (non-hydrogen) atoms. The van der Waals surface area contributed by atoms with Gasteiger partial charge in [-0.2, -0.15) is 0 Å². The van der Waals surface area contributed by atoms with Gasteiger partial charge in [-0.25, -0.2) is 0 Å². The molecule has 0 aliphatic heterocycles. The van der Waals surface area contributed by atoms with Crippen LogP contribution in [0, 0.1) is 11.8 Å². The molecule has 0 aromatic rings. The van der Waals surface area contributed by atoms with Crippen molar-refractivity contribution >= 4 is 29.8 Å². The highest BCUT2D eigenvalue weighted by Crippen LogP contribution is 2.24. The number of carbonyl (C=O) groups excluding carboxylic acids is 5. The molecule has 0 aromatic heterocycles. The number of nitrogens with zero attached hydrogens (tertiary/aromatic N) is 1. The molecule has 1 saturated carbocycles. The van der Waals surface area contributed by atoms with E-state index in [-0.39, 0.29) is 76.3 Å². The Morgan fingerprint density at radius 3 is 1.17 bits per heavy atom. The van der Waals surface area contributed by atoms with Crippen LogP contribution in [-0.2, 0) is 47.7 Å². The number of aliphatic hydroxyl groups excluding tert-OH is 1. The fourth-order valence-electron chi connectivity index (χ4n) is 6.87. The molecule has 0 spiro atoms. The molecule has 1 fully saturated rings. The fraction of sp³-hybridized carbons (Fsp3) is 0.891. The van der Waals surface area contributed by atoms with Crippen molar-refractivity contribution in [2.45, 2.75) is 200 Å². The van der Waals surface area contributed by atoms with E-state index < -0.39 is 17.9 Å². The van der Waals surface area contributed by atoms with Crippen molar-refractivity contribution in [3.63, 3.8) is 0 Å². The standard InChI is InChI=1S/C46H83NO11/c1-4-7-10-13-14-17-20-28-44(51)56-36-40(38-58-46(53)30-31-47(32-33-48)41-24-22-25-41)37-57-45(52)29-21-23-39(34-54-42(49)26-18-15-11-8-5-2)35-55-43(50)27-19-16-12-9-6-3/h39-41,48H,4-38H2,1-3H3. The Bertz CT molecular complexity index is 1040. The van der Waals surface area contributed by atoms with E-state index in [1.807, 2.05) is 0 Å². The monoisotopic (exact) mass is 826 g/mol. The maximum atomic E-state index is 12.9. The molecule has 0 radical (unpaired) electrons. The lowest BCUT2D eigenvalue weighted by molar-refractivity contribution is -0.155. The van der Waals surface area contributed by atoms with Crippen LogP contribution < -0.4 is 0 Å². The summed E-state index contributed by atoms with van der Waals surface area (Å²) in [5.41, 5.74) is 0. The molecule has 0 saturated heterocycles. The summed E-state index contributed by atoms with van der Waals surface area (Å²) in [5, 5.41) is 9.45. The topological polar surface area (TPSA) is 155 Å². The lowest BCUT2D eigenvalue weighted by Gasteiger charge is -2.37. The van der Waals surface area contributed by atoms with Crippen molar-refractivity contribution < 1.29 is 52.8 Å². The average molecular weight is 826 g/mol. The minimum atomic E-state index is -0.526. The first kappa shape index (κ1) is 53.3. The van der Waals surface area contributed by atoms with Crippen LogP contribution in [0.2, 0.25) is 0 Å². The molecule has 1 N–H and O–H groups in total. The number of carbonyl (C=O) groups is 5. The minimum Gasteiger partial charge on any atom is -0.465 e. The third-order valence-electron chi connectivity index (χ3n) is 10.9. The number of ether oxygens (including phenoxy) is 5. The molecular formula is C46H83NO11. The molecule has 12 heteroatoms. The van der Waals surface area contributed by atoms with Crippen LogP contribution in [0.25, 0.3) is 0 Å². The maximum Gasteiger partial charge on any atom is 0.307 e. The highest BCUT2D eigenvalue weighted by Gasteiger charge is 2.25. The van der Waals surface area contributed by atoms with Crippen LogP contribution in [0.1, 0.15) is 194 Å². The van der Waals surface area contributed by atoms with Crippen LogP contribution in [-0.4, -0.2) is 98.6 Å². The number of hydrogen-bond acceptors (Lipinski definition) is 12. The fourth-order valence-corrected chi connectivity index (χ4v) is 6.87. The van der Waals surface area contributed by atoms with Crippen molar-refractivity contribution in [1.29, 1.82) is 0 Å². The van der Waals surface area contributed by atoms with Crippen LogP contribution in [0.3, 0.4) is 0 Å². The maximum absolute atomic E-state index is 12.9. The molecule has 1 atom stereocenters. The lowest BCUT2D eigenvalue weighted by Crippen LogP contribution is -2.43. The number of aliphatic hydroxyl groups is 1. The van der Waals surface area contributed by atoms with Gasteiger partial charge in [0, 0.05) is 50.7 Å². The van der Waals surface area contributed by atoms with Crippen molar-refractivity contribution in [3.05, 3.63) is 0 Å². The van der Waals surface area contributed by atoms with E-state index in [4.69, 9.17) is 23.7 Å². The summed E-state index contributed by atoms with van der Waals surface area (Å²) < 4.78 is 27.8. The summed E-state index contributed by atoms with van der Waals surface area (Å²) in [6.45, 7) is 7.57. The summed E-state index contributed by atoms with van der Waals surface area (Å²) in [6.07, 6.45) is 23.4. The predicted octanol–water partition coefficient (Wildman–Crippen LogP) is 9.20. The van der Waals surface area contributed by atoms with E-state index in [1.54, 1.807) is 0 Å². The molecule has 1 aliphatic carbocycles. The van der Waals surface area contributed by atoms with Gasteiger partial charge in [0.15, 0.2) is 0 Å². The number of rotatable bonds is 40. The average Bonchev–Trinajstić information content (AvgIpc) is 3.19. The van der Waals surface area contributed by atoms with Gasteiger partial charge in [0.25, 0.3) is 0 Å². The van der Waals surface area contributed by atoms with Gasteiger partial charge in [-0.05, 0) is 44.9 Å². The Balaban J connectivity index is 2.66. The number of hydrogen-bond donors (Lipinski definition) is 1. The minimum absolute atomic E-state index is 0.0310. The van der Waals surface area contributed by atoms with Gasteiger partial charge in [-0.3, -0.25) is 28.9 Å². The Hall–Kier alpha value is -2.73. The molecular weight excluding hydrogens is 743 g/mol. The first-order valence-corrected chi connectivity index (χ1v) is 23.3. The van der Waals surface area contributed by atoms with Crippen LogP contribution in [0.5, 0.6) is 0 Å². The molecule has 0 heterocycles. The molecule has 0 aromatic carbocycles. The van der Waals surface area contributed by atoms with Gasteiger partial charge in [0.1, 0.15) is 19.8 Å². The molecule has 1 unspecified atom stereocenters. The Morgan fingerprint density at radius 1 is 0.466 bits per heavy atom. The first-order valence-electron chi connectivity index (χ1n) is 23.3. The van der Waals surface area contributed by atoms with Gasteiger partial charge >= 0.3 is 29.8 Å².